The lowest BCUT2D eigenvalue weighted by Crippen LogP contribution is -2.45. The van der Waals surface area contributed by atoms with E-state index in [4.69, 9.17) is 16.2 Å². The van der Waals surface area contributed by atoms with E-state index in [0.717, 1.165) is 17.2 Å². The summed E-state index contributed by atoms with van der Waals surface area (Å²) in [6.45, 7) is 5.08. The van der Waals surface area contributed by atoms with Crippen molar-refractivity contribution in [2.45, 2.75) is 49.6 Å². The molecule has 0 aliphatic heterocycles. The van der Waals surface area contributed by atoms with Crippen molar-refractivity contribution >= 4 is 48.9 Å². The molecule has 0 saturated heterocycles. The van der Waals surface area contributed by atoms with E-state index in [2.05, 4.69) is 4.98 Å². The summed E-state index contributed by atoms with van der Waals surface area (Å²) in [5.74, 6) is 0.524. The van der Waals surface area contributed by atoms with Gasteiger partial charge in [0.2, 0.25) is 0 Å². The number of aryl methyl sites for hydroxylation is 3. The Kier molecular flexibility index (Phi) is 11.1. The first kappa shape index (κ1) is 37.4. The second kappa shape index (κ2) is 14.6. The van der Waals surface area contributed by atoms with Crippen LogP contribution >= 0.6 is 11.6 Å². The lowest BCUT2D eigenvalue weighted by molar-refractivity contribution is -0.259. The molecule has 49 heavy (non-hydrogen) atoms. The van der Waals surface area contributed by atoms with Crippen molar-refractivity contribution in [3.63, 3.8) is 0 Å². The molecular formula is C33H30ClF3N3O7S2-. The highest BCUT2D eigenvalue weighted by molar-refractivity contribution is 7.89. The Balaban J connectivity index is 0.000000418. The van der Waals surface area contributed by atoms with Gasteiger partial charge in [0.25, 0.3) is 20.1 Å². The molecule has 4 aromatic carbocycles. The second-order valence-electron chi connectivity index (χ2n) is 10.9. The highest BCUT2D eigenvalue weighted by Crippen LogP contribution is 2.38. The third kappa shape index (κ3) is 8.78. The smallest absolute Gasteiger partial charge is 0.417 e. The van der Waals surface area contributed by atoms with Crippen LogP contribution in [0, 0.1) is 13.8 Å². The molecular weight excluding hydrogens is 707 g/mol. The molecule has 0 fully saturated rings. The normalized spacial score (nSPS) is 12.0. The van der Waals surface area contributed by atoms with E-state index in [1.54, 1.807) is 60.0 Å². The number of hydrogen-bond donors (Lipinski definition) is 1. The monoisotopic (exact) mass is 736 g/mol. The van der Waals surface area contributed by atoms with Crippen molar-refractivity contribution in [2.24, 2.45) is 0 Å². The summed E-state index contributed by atoms with van der Waals surface area (Å²) in [6, 6.07) is 20.7. The fourth-order valence-electron chi connectivity index (χ4n) is 4.79. The molecule has 1 aromatic heterocycles. The van der Waals surface area contributed by atoms with E-state index in [0.29, 0.717) is 33.3 Å². The Morgan fingerprint density at radius 2 is 1.43 bits per heavy atom. The summed E-state index contributed by atoms with van der Waals surface area (Å²) >= 11 is 5.94. The third-order valence-electron chi connectivity index (χ3n) is 7.36. The average molecular weight is 737 g/mol. The average Bonchev–Trinajstić information content (AvgIpc) is 3.38. The highest BCUT2D eigenvalue weighted by atomic mass is 35.5. The Morgan fingerprint density at radius 1 is 0.898 bits per heavy atom. The minimum absolute atomic E-state index is 0.0666. The van der Waals surface area contributed by atoms with Crippen LogP contribution in [0.15, 0.2) is 94.7 Å². The van der Waals surface area contributed by atoms with Crippen LogP contribution in [0.2, 0.25) is 5.02 Å². The Labute approximate surface area is 286 Å². The van der Waals surface area contributed by atoms with Gasteiger partial charge in [-0.25, -0.2) is 13.4 Å². The fraction of sp³-hybridized carbons (Fsp3) is 0.212. The third-order valence-corrected chi connectivity index (χ3v) is 10.3. The predicted octanol–water partition coefficient (Wildman–Crippen LogP) is 6.39. The first-order valence-electron chi connectivity index (χ1n) is 14.5. The van der Waals surface area contributed by atoms with Crippen molar-refractivity contribution < 1.29 is 44.5 Å². The number of amides is 1. The van der Waals surface area contributed by atoms with Crippen LogP contribution in [0.4, 0.5) is 18.0 Å². The molecule has 0 bridgehead atoms. The van der Waals surface area contributed by atoms with E-state index in [1.165, 1.54) is 30.3 Å². The highest BCUT2D eigenvalue weighted by Gasteiger charge is 2.34. The van der Waals surface area contributed by atoms with Crippen molar-refractivity contribution in [3.05, 3.63) is 118 Å². The zero-order valence-electron chi connectivity index (χ0n) is 26.3. The summed E-state index contributed by atoms with van der Waals surface area (Å²) in [6.07, 6.45) is -5.94. The molecule has 0 spiro atoms. The number of benzene rings is 4. The number of carbonyl (C=O) groups is 1. The largest absolute Gasteiger partial charge is 0.529 e. The minimum atomic E-state index is -4.62. The van der Waals surface area contributed by atoms with E-state index >= 15 is 0 Å². The maximum atomic E-state index is 13.3. The number of fused-ring (bicyclic) bond motifs is 1. The number of imidazole rings is 1. The number of nitrogens with zero attached hydrogens (tertiary/aromatic N) is 3. The second-order valence-corrected chi connectivity index (χ2v) is 14.6. The number of hydrogen-bond acceptors (Lipinski definition) is 7. The molecule has 0 atom stereocenters. The van der Waals surface area contributed by atoms with E-state index in [-0.39, 0.29) is 28.3 Å². The predicted molar refractivity (Wildman–Crippen MR) is 176 cm³/mol. The van der Waals surface area contributed by atoms with Crippen molar-refractivity contribution in [1.29, 1.82) is 0 Å². The maximum Gasteiger partial charge on any atom is 0.417 e. The topological polar surface area (TPSA) is 150 Å². The molecule has 1 N–H and O–H groups in total. The summed E-state index contributed by atoms with van der Waals surface area (Å²) in [4.78, 5) is 15.8. The molecule has 0 radical (unpaired) electrons. The first-order chi connectivity index (χ1) is 22.8. The zero-order chi connectivity index (χ0) is 36.3. The van der Waals surface area contributed by atoms with Gasteiger partial charge in [-0.05, 0) is 74.4 Å². The SMILES string of the molecule is CCc1nc2cc(C(F)(F)F)c(Cl)cc2n1-c1ccc(CCN(C(=O)[O-])S(=O)(=O)c2ccc(C)cc2)cc1.Cc1ccc(S(=O)(=O)O)cc1. The van der Waals surface area contributed by atoms with Gasteiger partial charge in [-0.3, -0.25) is 13.4 Å². The molecule has 16 heteroatoms. The van der Waals surface area contributed by atoms with Gasteiger partial charge in [0, 0.05) is 18.7 Å². The Hall–Kier alpha value is -4.44. The zero-order valence-corrected chi connectivity index (χ0v) is 28.7. The van der Waals surface area contributed by atoms with Gasteiger partial charge in [0.1, 0.15) is 5.82 Å². The molecule has 1 heterocycles. The molecule has 1 amide bonds. The first-order valence-corrected chi connectivity index (χ1v) is 17.8. The number of carbonyl (C=O) groups excluding carboxylic acids is 1. The van der Waals surface area contributed by atoms with E-state index < -0.39 is 43.0 Å². The van der Waals surface area contributed by atoms with E-state index in [9.17, 15) is 39.9 Å². The van der Waals surface area contributed by atoms with Crippen LogP contribution in [-0.4, -0.2) is 47.9 Å². The number of rotatable bonds is 8. The van der Waals surface area contributed by atoms with Crippen LogP contribution in [0.25, 0.3) is 16.7 Å². The molecule has 5 aromatic rings. The lowest BCUT2D eigenvalue weighted by atomic mass is 10.1. The number of carboxylic acid groups (broad SMARTS) is 1. The fourth-order valence-corrected chi connectivity index (χ4v) is 6.80. The number of aromatic nitrogens is 2. The van der Waals surface area contributed by atoms with Crippen LogP contribution in [0.1, 0.15) is 35.0 Å². The van der Waals surface area contributed by atoms with Crippen molar-refractivity contribution in [1.82, 2.24) is 13.9 Å². The summed E-state index contributed by atoms with van der Waals surface area (Å²) < 4.78 is 97.1. The minimum Gasteiger partial charge on any atom is -0.529 e. The van der Waals surface area contributed by atoms with Gasteiger partial charge in [0.05, 0.1) is 31.4 Å². The molecule has 5 rings (SSSR count). The lowest BCUT2D eigenvalue weighted by Gasteiger charge is -2.24. The maximum absolute atomic E-state index is 13.3. The number of alkyl halides is 3. The standard InChI is InChI=1S/C26H23ClF3N3O4S.C7H8O3S/c1-3-24-31-22-14-20(26(28,29)30)21(27)15-23(22)33(24)18-8-6-17(7-9-18)12-13-32(25(34)35)38(36,37)19-10-4-16(2)5-11-19;1-6-2-4-7(5-3-6)11(8,9)10/h4-11,14-15H,3,12-13H2,1-2H3,(H,34,35);2-5H,1H3,(H,8,9,10)/p-1. The van der Waals surface area contributed by atoms with Gasteiger partial charge in [-0.2, -0.15) is 21.6 Å². The van der Waals surface area contributed by atoms with Crippen LogP contribution in [-0.2, 0) is 39.2 Å². The van der Waals surface area contributed by atoms with Crippen LogP contribution in [0.3, 0.4) is 0 Å². The molecule has 0 unspecified atom stereocenters. The molecule has 10 nitrogen and oxygen atoms in total. The summed E-state index contributed by atoms with van der Waals surface area (Å²) in [7, 11) is -8.34. The number of halogens is 4. The quantitative estimate of drug-likeness (QED) is 0.180. The Bertz CT molecular complexity index is 2190. The molecule has 260 valence electrons. The van der Waals surface area contributed by atoms with Crippen LogP contribution < -0.4 is 5.11 Å². The van der Waals surface area contributed by atoms with Crippen LogP contribution in [0.5, 0.6) is 0 Å². The van der Waals surface area contributed by atoms with Crippen molar-refractivity contribution in [2.75, 3.05) is 6.54 Å². The van der Waals surface area contributed by atoms with Crippen molar-refractivity contribution in [3.8, 4) is 5.69 Å². The van der Waals surface area contributed by atoms with Gasteiger partial charge in [-0.15, -0.1) is 0 Å². The summed E-state index contributed by atoms with van der Waals surface area (Å²) in [5.41, 5.74) is 2.61. The van der Waals surface area contributed by atoms with Gasteiger partial charge >= 0.3 is 6.18 Å². The van der Waals surface area contributed by atoms with Gasteiger partial charge in [-0.1, -0.05) is 66.0 Å². The van der Waals surface area contributed by atoms with Gasteiger partial charge in [0.15, 0.2) is 6.09 Å². The molecule has 0 aliphatic carbocycles. The molecule has 0 saturated carbocycles. The Morgan fingerprint density at radius 3 is 1.90 bits per heavy atom. The number of sulfonamides is 1. The van der Waals surface area contributed by atoms with E-state index in [1.807, 2.05) is 13.8 Å². The summed E-state index contributed by atoms with van der Waals surface area (Å²) in [5, 5.41) is 11.2. The van der Waals surface area contributed by atoms with Gasteiger partial charge < -0.3 is 9.90 Å². The molecule has 0 aliphatic rings.